The van der Waals surface area contributed by atoms with Crippen LogP contribution >= 0.6 is 23.5 Å². The molecule has 0 aliphatic heterocycles. The average Bonchev–Trinajstić information content (AvgIpc) is 2.86. The Balaban J connectivity index is 2.13. The third-order valence-corrected chi connectivity index (χ3v) is 5.33. The number of hydrogen-bond acceptors (Lipinski definition) is 2. The van der Waals surface area contributed by atoms with Gasteiger partial charge in [-0.15, -0.1) is 11.8 Å². The molecule has 3 aromatic rings. The number of thioether (sulfide) groups is 1. The summed E-state index contributed by atoms with van der Waals surface area (Å²) in [5, 5.41) is 1.22. The molecule has 2 nitrogen and oxygen atoms in total. The fraction of sp³-hybridized carbons (Fsp3) is 0.263. The molecule has 3 rings (SSSR count). The molecule has 126 valence electrons. The molecule has 0 atom stereocenters. The van der Waals surface area contributed by atoms with Crippen molar-refractivity contribution < 1.29 is 4.39 Å². The third-order valence-electron chi connectivity index (χ3n) is 4.42. The molecule has 0 saturated carbocycles. The fourth-order valence-corrected chi connectivity index (χ4v) is 3.68. The van der Waals surface area contributed by atoms with Gasteiger partial charge in [-0.25, -0.2) is 9.23 Å². The summed E-state index contributed by atoms with van der Waals surface area (Å²) in [7, 11) is 0. The van der Waals surface area contributed by atoms with E-state index in [1.165, 1.54) is 27.6 Å². The summed E-state index contributed by atoms with van der Waals surface area (Å²) in [4.78, 5) is 3.93. The molecule has 0 unspecified atom stereocenters. The maximum atomic E-state index is 14.1. The number of fused-ring (bicyclic) bond motifs is 1. The molecule has 5 heteroatoms. The van der Waals surface area contributed by atoms with E-state index in [9.17, 15) is 4.39 Å². The van der Waals surface area contributed by atoms with E-state index in [0.29, 0.717) is 18.7 Å². The van der Waals surface area contributed by atoms with Crippen LogP contribution in [0, 0.1) is 12.7 Å². The Labute approximate surface area is 151 Å². The van der Waals surface area contributed by atoms with E-state index in [1.54, 1.807) is 17.8 Å². The molecule has 0 aliphatic rings. The van der Waals surface area contributed by atoms with Gasteiger partial charge in [0, 0.05) is 33.6 Å². The molecule has 2 aromatic carbocycles. The van der Waals surface area contributed by atoms with E-state index in [-0.39, 0.29) is 5.82 Å². The van der Waals surface area contributed by atoms with Gasteiger partial charge in [0.25, 0.3) is 0 Å². The summed E-state index contributed by atoms with van der Waals surface area (Å²) in [6, 6.07) is 13.4. The van der Waals surface area contributed by atoms with E-state index in [0.717, 1.165) is 11.9 Å². The van der Waals surface area contributed by atoms with Crippen LogP contribution in [-0.2, 0) is 13.0 Å². The zero-order valence-electron chi connectivity index (χ0n) is 13.8. The van der Waals surface area contributed by atoms with Crippen molar-refractivity contribution in [1.82, 2.24) is 9.40 Å². The number of aromatic nitrogens is 1. The van der Waals surface area contributed by atoms with Gasteiger partial charge in [0.2, 0.25) is 0 Å². The Bertz CT molecular complexity index is 860. The SMILES string of the molecule is CSc1ccc2c(c1)c(CCNCl)c(C)n2Cc1ccccc1F. The van der Waals surface area contributed by atoms with Crippen LogP contribution in [0.3, 0.4) is 0 Å². The van der Waals surface area contributed by atoms with Crippen molar-refractivity contribution in [1.29, 1.82) is 0 Å². The van der Waals surface area contributed by atoms with Gasteiger partial charge in [0.05, 0.1) is 6.54 Å². The van der Waals surface area contributed by atoms with Gasteiger partial charge < -0.3 is 4.57 Å². The second-order valence-electron chi connectivity index (χ2n) is 5.76. The lowest BCUT2D eigenvalue weighted by molar-refractivity contribution is 0.600. The first-order chi connectivity index (χ1) is 11.7. The summed E-state index contributed by atoms with van der Waals surface area (Å²) < 4.78 is 16.3. The highest BCUT2D eigenvalue weighted by Gasteiger charge is 2.15. The highest BCUT2D eigenvalue weighted by molar-refractivity contribution is 7.98. The monoisotopic (exact) mass is 362 g/mol. The summed E-state index contributed by atoms with van der Waals surface area (Å²) in [5.41, 5.74) is 4.27. The number of halogens is 2. The van der Waals surface area contributed by atoms with Gasteiger partial charge in [0.15, 0.2) is 0 Å². The summed E-state index contributed by atoms with van der Waals surface area (Å²) >= 11 is 7.39. The van der Waals surface area contributed by atoms with Crippen LogP contribution in [0.25, 0.3) is 10.9 Å². The Morgan fingerprint density at radius 3 is 2.71 bits per heavy atom. The standard InChI is InChI=1S/C19H20ClFN2S/c1-13-16(9-10-22-20)17-11-15(24-2)7-8-19(17)23(13)12-14-5-3-4-6-18(14)21/h3-8,11,22H,9-10,12H2,1-2H3. The lowest BCUT2D eigenvalue weighted by atomic mass is 10.1. The van der Waals surface area contributed by atoms with E-state index in [4.69, 9.17) is 11.8 Å². The number of nitrogens with zero attached hydrogens (tertiary/aromatic N) is 1. The first-order valence-electron chi connectivity index (χ1n) is 7.88. The quantitative estimate of drug-likeness (QED) is 0.482. The van der Waals surface area contributed by atoms with Crippen molar-refractivity contribution in [2.24, 2.45) is 0 Å². The molecule has 0 fully saturated rings. The van der Waals surface area contributed by atoms with Gasteiger partial charge in [-0.05, 0) is 61.2 Å². The van der Waals surface area contributed by atoms with Crippen molar-refractivity contribution in [3.05, 3.63) is 65.1 Å². The molecule has 1 N–H and O–H groups in total. The Morgan fingerprint density at radius 2 is 2.00 bits per heavy atom. The summed E-state index contributed by atoms with van der Waals surface area (Å²) in [6.45, 7) is 3.33. The largest absolute Gasteiger partial charge is 0.340 e. The van der Waals surface area contributed by atoms with Gasteiger partial charge in [-0.1, -0.05) is 18.2 Å². The van der Waals surface area contributed by atoms with Crippen LogP contribution in [-0.4, -0.2) is 17.4 Å². The van der Waals surface area contributed by atoms with Gasteiger partial charge in [-0.2, -0.15) is 0 Å². The van der Waals surface area contributed by atoms with Crippen LogP contribution in [0.1, 0.15) is 16.8 Å². The second kappa shape index (κ2) is 7.60. The Hall–Kier alpha value is -1.49. The molecule has 0 spiro atoms. The second-order valence-corrected chi connectivity index (χ2v) is 6.91. The minimum atomic E-state index is -0.163. The van der Waals surface area contributed by atoms with Crippen LogP contribution in [0.4, 0.5) is 4.39 Å². The normalized spacial score (nSPS) is 11.3. The number of nitrogens with one attached hydrogen (secondary N) is 1. The van der Waals surface area contributed by atoms with Crippen LogP contribution in [0.15, 0.2) is 47.4 Å². The van der Waals surface area contributed by atoms with Crippen LogP contribution in [0.5, 0.6) is 0 Å². The highest BCUT2D eigenvalue weighted by Crippen LogP contribution is 2.31. The van der Waals surface area contributed by atoms with Crippen molar-refractivity contribution >= 4 is 34.4 Å². The minimum absolute atomic E-state index is 0.163. The molecular formula is C19H20ClFN2S. The van der Waals surface area contributed by atoms with Gasteiger partial charge >= 0.3 is 0 Å². The highest BCUT2D eigenvalue weighted by atomic mass is 35.5. The first kappa shape index (κ1) is 17.3. The Morgan fingerprint density at radius 1 is 1.21 bits per heavy atom. The molecule has 0 aliphatic carbocycles. The topological polar surface area (TPSA) is 17.0 Å². The average molecular weight is 363 g/mol. The van der Waals surface area contributed by atoms with Crippen molar-refractivity contribution in [3.63, 3.8) is 0 Å². The number of benzene rings is 2. The van der Waals surface area contributed by atoms with Gasteiger partial charge in [-0.3, -0.25) is 0 Å². The zero-order chi connectivity index (χ0) is 17.1. The lowest BCUT2D eigenvalue weighted by Gasteiger charge is -2.10. The van der Waals surface area contributed by atoms with E-state index in [1.807, 2.05) is 12.1 Å². The van der Waals surface area contributed by atoms with Crippen molar-refractivity contribution in [3.8, 4) is 0 Å². The van der Waals surface area contributed by atoms with E-state index < -0.39 is 0 Å². The van der Waals surface area contributed by atoms with Crippen LogP contribution < -0.4 is 4.84 Å². The molecule has 0 amide bonds. The summed E-state index contributed by atoms with van der Waals surface area (Å²) in [6.07, 6.45) is 2.91. The third kappa shape index (κ3) is 3.32. The fourth-order valence-electron chi connectivity index (χ4n) is 3.15. The molecule has 0 radical (unpaired) electrons. The molecular weight excluding hydrogens is 343 g/mol. The predicted molar refractivity (Wildman–Crippen MR) is 102 cm³/mol. The van der Waals surface area contributed by atoms with Crippen molar-refractivity contribution in [2.45, 2.75) is 24.8 Å². The first-order valence-corrected chi connectivity index (χ1v) is 9.48. The minimum Gasteiger partial charge on any atom is -0.340 e. The maximum Gasteiger partial charge on any atom is 0.128 e. The van der Waals surface area contributed by atoms with Crippen LogP contribution in [0.2, 0.25) is 0 Å². The molecule has 24 heavy (non-hydrogen) atoms. The van der Waals surface area contributed by atoms with Gasteiger partial charge in [0.1, 0.15) is 5.82 Å². The van der Waals surface area contributed by atoms with E-state index in [2.05, 4.69) is 40.8 Å². The zero-order valence-corrected chi connectivity index (χ0v) is 15.3. The molecule has 0 saturated heterocycles. The number of hydrogen-bond donors (Lipinski definition) is 1. The predicted octanol–water partition coefficient (Wildman–Crippen LogP) is 5.14. The number of rotatable bonds is 6. The summed E-state index contributed by atoms with van der Waals surface area (Å²) in [5.74, 6) is -0.163. The molecule has 0 bridgehead atoms. The maximum absolute atomic E-state index is 14.1. The molecule has 1 aromatic heterocycles. The lowest BCUT2D eigenvalue weighted by Crippen LogP contribution is -2.07. The van der Waals surface area contributed by atoms with Crippen molar-refractivity contribution in [2.75, 3.05) is 12.8 Å². The Kier molecular flexibility index (Phi) is 5.49. The smallest absolute Gasteiger partial charge is 0.128 e. The van der Waals surface area contributed by atoms with E-state index >= 15 is 0 Å². The molecule has 1 heterocycles.